The van der Waals surface area contributed by atoms with Crippen molar-refractivity contribution in [2.75, 3.05) is 0 Å². The minimum absolute atomic E-state index is 0.207. The number of aryl methyl sites for hydroxylation is 1. The number of nitrogens with zero attached hydrogens (tertiary/aromatic N) is 7. The number of fused-ring (bicyclic) bond motifs is 1. The van der Waals surface area contributed by atoms with Crippen LogP contribution in [0.25, 0.3) is 11.3 Å². The smallest absolute Gasteiger partial charge is 0.254 e. The summed E-state index contributed by atoms with van der Waals surface area (Å²) in [5.41, 5.74) is 3.93. The molecule has 0 unspecified atom stereocenters. The standard InChI is InChI=1S/C21H24N8O/c1-13(2)11-17(20-25-24-18-7-5-6-10-28(18)20)23-21(30)16-9-8-14(3)15(4)19(16)29-12-22-26-27-29/h5-10,12-13,17H,11H2,1-4H3,(H,23,30)/t17-/m1/s1. The quantitative estimate of drug-likeness (QED) is 0.530. The highest BCUT2D eigenvalue weighted by atomic mass is 16.1. The molecule has 0 bridgehead atoms. The Bertz CT molecular complexity index is 1180. The van der Waals surface area contributed by atoms with E-state index in [2.05, 4.69) is 44.9 Å². The van der Waals surface area contributed by atoms with Gasteiger partial charge in [-0.15, -0.1) is 15.3 Å². The molecule has 1 N–H and O–H groups in total. The molecule has 0 aliphatic rings. The van der Waals surface area contributed by atoms with Gasteiger partial charge in [-0.05, 0) is 65.9 Å². The van der Waals surface area contributed by atoms with Crippen molar-refractivity contribution in [1.82, 2.24) is 40.1 Å². The summed E-state index contributed by atoms with van der Waals surface area (Å²) < 4.78 is 3.44. The zero-order valence-electron chi connectivity index (χ0n) is 17.4. The van der Waals surface area contributed by atoms with Gasteiger partial charge in [0.1, 0.15) is 6.33 Å². The fourth-order valence-corrected chi connectivity index (χ4v) is 3.58. The Hall–Kier alpha value is -3.62. The third kappa shape index (κ3) is 3.66. The molecule has 3 aromatic heterocycles. The van der Waals surface area contributed by atoms with Crippen LogP contribution in [0, 0.1) is 19.8 Å². The molecule has 0 aliphatic heterocycles. The topological polar surface area (TPSA) is 103 Å². The van der Waals surface area contributed by atoms with Gasteiger partial charge in [0.15, 0.2) is 11.5 Å². The van der Waals surface area contributed by atoms with E-state index in [1.54, 1.807) is 0 Å². The summed E-state index contributed by atoms with van der Waals surface area (Å²) in [5.74, 6) is 0.854. The Balaban J connectivity index is 1.73. The van der Waals surface area contributed by atoms with Crippen LogP contribution in [0.1, 0.15) is 53.6 Å². The molecule has 0 saturated carbocycles. The molecule has 0 spiro atoms. The van der Waals surface area contributed by atoms with Gasteiger partial charge < -0.3 is 5.32 Å². The van der Waals surface area contributed by atoms with Crippen molar-refractivity contribution in [2.45, 2.75) is 40.2 Å². The summed E-state index contributed by atoms with van der Waals surface area (Å²) in [6.07, 6.45) is 4.13. The second kappa shape index (κ2) is 8.02. The number of aromatic nitrogens is 7. The van der Waals surface area contributed by atoms with Crippen molar-refractivity contribution in [1.29, 1.82) is 0 Å². The normalized spacial score (nSPS) is 12.4. The third-order valence-electron chi connectivity index (χ3n) is 5.19. The van der Waals surface area contributed by atoms with Gasteiger partial charge in [0.05, 0.1) is 17.3 Å². The predicted octanol–water partition coefficient (Wildman–Crippen LogP) is 2.84. The molecule has 0 aliphatic carbocycles. The maximum Gasteiger partial charge on any atom is 0.254 e. The number of rotatable bonds is 6. The van der Waals surface area contributed by atoms with Crippen molar-refractivity contribution in [2.24, 2.45) is 5.92 Å². The van der Waals surface area contributed by atoms with Gasteiger partial charge in [-0.3, -0.25) is 9.20 Å². The molecule has 9 heteroatoms. The Labute approximate surface area is 174 Å². The number of nitrogens with one attached hydrogen (secondary N) is 1. The van der Waals surface area contributed by atoms with Crippen LogP contribution in [0.3, 0.4) is 0 Å². The molecule has 1 aromatic carbocycles. The van der Waals surface area contributed by atoms with E-state index >= 15 is 0 Å². The lowest BCUT2D eigenvalue weighted by atomic mass is 10.00. The fraction of sp³-hybridized carbons (Fsp3) is 0.333. The van der Waals surface area contributed by atoms with E-state index in [9.17, 15) is 4.79 Å². The number of hydrogen-bond acceptors (Lipinski definition) is 6. The van der Waals surface area contributed by atoms with Crippen LogP contribution in [0.2, 0.25) is 0 Å². The maximum atomic E-state index is 13.4. The van der Waals surface area contributed by atoms with Crippen molar-refractivity contribution in [3.63, 3.8) is 0 Å². The highest BCUT2D eigenvalue weighted by Gasteiger charge is 2.25. The van der Waals surface area contributed by atoms with Crippen molar-refractivity contribution in [3.8, 4) is 5.69 Å². The first kappa shape index (κ1) is 19.7. The minimum Gasteiger partial charge on any atom is -0.342 e. The summed E-state index contributed by atoms with van der Waals surface area (Å²) in [6, 6.07) is 9.18. The molecule has 154 valence electrons. The molecule has 0 fully saturated rings. The van der Waals surface area contributed by atoms with Crippen LogP contribution in [0.4, 0.5) is 0 Å². The minimum atomic E-state index is -0.293. The van der Waals surface area contributed by atoms with E-state index in [0.717, 1.165) is 23.2 Å². The Morgan fingerprint density at radius 2 is 1.97 bits per heavy atom. The molecule has 4 rings (SSSR count). The molecule has 0 radical (unpaired) electrons. The third-order valence-corrected chi connectivity index (χ3v) is 5.19. The average molecular weight is 404 g/mol. The highest BCUT2D eigenvalue weighted by molar-refractivity contribution is 5.98. The van der Waals surface area contributed by atoms with Gasteiger partial charge in [0.25, 0.3) is 5.91 Å². The molecule has 3 heterocycles. The largest absolute Gasteiger partial charge is 0.342 e. The first-order valence-corrected chi connectivity index (χ1v) is 9.89. The zero-order valence-corrected chi connectivity index (χ0v) is 17.4. The molecule has 4 aromatic rings. The van der Waals surface area contributed by atoms with Crippen molar-refractivity contribution < 1.29 is 4.79 Å². The van der Waals surface area contributed by atoms with E-state index < -0.39 is 0 Å². The number of hydrogen-bond donors (Lipinski definition) is 1. The number of amides is 1. The van der Waals surface area contributed by atoms with Gasteiger partial charge in [-0.25, -0.2) is 0 Å². The van der Waals surface area contributed by atoms with Gasteiger partial charge in [-0.1, -0.05) is 26.0 Å². The van der Waals surface area contributed by atoms with E-state index in [1.807, 2.05) is 54.8 Å². The summed E-state index contributed by atoms with van der Waals surface area (Å²) in [4.78, 5) is 13.4. The van der Waals surface area contributed by atoms with Crippen LogP contribution >= 0.6 is 0 Å². The first-order chi connectivity index (χ1) is 14.5. The zero-order chi connectivity index (χ0) is 21.3. The summed E-state index contributed by atoms with van der Waals surface area (Å²) in [5, 5.41) is 23.2. The number of benzene rings is 1. The lowest BCUT2D eigenvalue weighted by molar-refractivity contribution is 0.0929. The first-order valence-electron chi connectivity index (χ1n) is 9.89. The lowest BCUT2D eigenvalue weighted by Crippen LogP contribution is -2.32. The second-order valence-electron chi connectivity index (χ2n) is 7.80. The fourth-order valence-electron chi connectivity index (χ4n) is 3.58. The molecular formula is C21H24N8O. The van der Waals surface area contributed by atoms with Gasteiger partial charge in [0, 0.05) is 6.20 Å². The number of pyridine rings is 1. The number of carbonyl (C=O) groups is 1. The monoisotopic (exact) mass is 404 g/mol. The summed E-state index contributed by atoms with van der Waals surface area (Å²) >= 11 is 0. The summed E-state index contributed by atoms with van der Waals surface area (Å²) in [6.45, 7) is 8.19. The van der Waals surface area contributed by atoms with E-state index in [1.165, 1.54) is 11.0 Å². The lowest BCUT2D eigenvalue weighted by Gasteiger charge is -2.21. The van der Waals surface area contributed by atoms with Crippen LogP contribution in [-0.4, -0.2) is 40.7 Å². The average Bonchev–Trinajstić information content (AvgIpc) is 3.38. The summed E-state index contributed by atoms with van der Waals surface area (Å²) in [7, 11) is 0. The molecular weight excluding hydrogens is 380 g/mol. The van der Waals surface area contributed by atoms with Gasteiger partial charge in [0.2, 0.25) is 0 Å². The van der Waals surface area contributed by atoms with Crippen molar-refractivity contribution >= 4 is 11.6 Å². The van der Waals surface area contributed by atoms with Crippen molar-refractivity contribution in [3.05, 3.63) is 65.4 Å². The van der Waals surface area contributed by atoms with Crippen LogP contribution in [0.5, 0.6) is 0 Å². The number of carbonyl (C=O) groups excluding carboxylic acids is 1. The Morgan fingerprint density at radius 1 is 1.13 bits per heavy atom. The van der Waals surface area contributed by atoms with E-state index in [4.69, 9.17) is 0 Å². The highest BCUT2D eigenvalue weighted by Crippen LogP contribution is 2.25. The van der Waals surface area contributed by atoms with Crippen LogP contribution < -0.4 is 5.32 Å². The molecule has 0 saturated heterocycles. The van der Waals surface area contributed by atoms with Gasteiger partial charge >= 0.3 is 0 Å². The maximum absolute atomic E-state index is 13.4. The second-order valence-corrected chi connectivity index (χ2v) is 7.80. The van der Waals surface area contributed by atoms with Crippen LogP contribution in [0.15, 0.2) is 42.9 Å². The van der Waals surface area contributed by atoms with Gasteiger partial charge in [-0.2, -0.15) is 4.68 Å². The Morgan fingerprint density at radius 3 is 2.70 bits per heavy atom. The number of tetrazole rings is 1. The van der Waals surface area contributed by atoms with E-state index in [-0.39, 0.29) is 11.9 Å². The molecule has 9 nitrogen and oxygen atoms in total. The van der Waals surface area contributed by atoms with E-state index in [0.29, 0.717) is 23.0 Å². The van der Waals surface area contributed by atoms with Crippen LogP contribution in [-0.2, 0) is 0 Å². The SMILES string of the molecule is Cc1ccc(C(=O)N[C@H](CC(C)C)c2nnc3ccccn23)c(-n2cnnn2)c1C. The Kier molecular flexibility index (Phi) is 5.26. The molecule has 30 heavy (non-hydrogen) atoms. The predicted molar refractivity (Wildman–Crippen MR) is 111 cm³/mol. The molecule has 1 atom stereocenters. The molecule has 1 amide bonds.